The van der Waals surface area contributed by atoms with Crippen LogP contribution in [0.1, 0.15) is 47.9 Å². The normalized spacial score (nSPS) is 26.0. The third kappa shape index (κ3) is 4.79. The van der Waals surface area contributed by atoms with E-state index in [9.17, 15) is 4.79 Å². The Bertz CT molecular complexity index is 693. The van der Waals surface area contributed by atoms with Crippen LogP contribution in [0.2, 0.25) is 0 Å². The van der Waals surface area contributed by atoms with Crippen molar-refractivity contribution in [2.45, 2.75) is 57.1 Å². The van der Waals surface area contributed by atoms with E-state index >= 15 is 0 Å². The first-order chi connectivity index (χ1) is 14.1. The van der Waals surface area contributed by atoms with Gasteiger partial charge in [0.2, 0.25) is 0 Å². The monoisotopic (exact) mass is 422 g/mol. The van der Waals surface area contributed by atoms with Gasteiger partial charge in [-0.25, -0.2) is 4.79 Å². The number of nitrogens with zero attached hydrogens (tertiary/aromatic N) is 1. The Balaban J connectivity index is 1.20. The average Bonchev–Trinajstić information content (AvgIpc) is 3.13. The van der Waals surface area contributed by atoms with Gasteiger partial charge in [-0.2, -0.15) is 0 Å². The van der Waals surface area contributed by atoms with Crippen molar-refractivity contribution in [2.75, 3.05) is 46.6 Å². The minimum absolute atomic E-state index is 0.0380. The molecule has 3 aliphatic rings. The highest BCUT2D eigenvalue weighted by molar-refractivity contribution is 7.12. The lowest BCUT2D eigenvalue weighted by Crippen LogP contribution is -2.51. The molecule has 1 amide bonds. The van der Waals surface area contributed by atoms with Crippen LogP contribution in [0.25, 0.3) is 0 Å². The second-order valence-corrected chi connectivity index (χ2v) is 9.83. The molecule has 1 aromatic rings. The van der Waals surface area contributed by atoms with Crippen molar-refractivity contribution in [3.63, 3.8) is 0 Å². The minimum Gasteiger partial charge on any atom is -0.447 e. The van der Waals surface area contributed by atoms with Crippen molar-refractivity contribution < 1.29 is 19.0 Å². The van der Waals surface area contributed by atoms with Crippen LogP contribution >= 0.6 is 11.3 Å². The molecule has 1 saturated heterocycles. The highest BCUT2D eigenvalue weighted by Gasteiger charge is 2.42. The Morgan fingerprint density at radius 1 is 1.34 bits per heavy atom. The van der Waals surface area contributed by atoms with E-state index in [0.29, 0.717) is 19.1 Å². The van der Waals surface area contributed by atoms with Gasteiger partial charge in [0.1, 0.15) is 6.61 Å². The summed E-state index contributed by atoms with van der Waals surface area (Å²) in [5, 5.41) is 2.95. The number of likely N-dealkylation sites (tertiary alicyclic amines) is 1. The molecule has 0 bridgehead atoms. The minimum atomic E-state index is -0.321. The summed E-state index contributed by atoms with van der Waals surface area (Å²) in [7, 11) is 1.60. The Labute approximate surface area is 177 Å². The van der Waals surface area contributed by atoms with Gasteiger partial charge in [-0.1, -0.05) is 6.92 Å². The first-order valence-electron chi connectivity index (χ1n) is 11.0. The number of ether oxygens (including phenoxy) is 3. The number of thiophene rings is 1. The van der Waals surface area contributed by atoms with Crippen molar-refractivity contribution in [3.05, 3.63) is 21.4 Å². The molecule has 162 valence electrons. The second-order valence-electron chi connectivity index (χ2n) is 8.60. The topological polar surface area (TPSA) is 60.0 Å². The molecular formula is C22H34N2O4S. The van der Waals surface area contributed by atoms with Gasteiger partial charge in [0.25, 0.3) is 0 Å². The lowest BCUT2D eigenvalue weighted by Gasteiger charge is -2.46. The molecule has 0 aromatic carbocycles. The summed E-state index contributed by atoms with van der Waals surface area (Å²) in [6.07, 6.45) is 6.17. The van der Waals surface area contributed by atoms with Crippen molar-refractivity contribution in [2.24, 2.45) is 5.92 Å². The largest absolute Gasteiger partial charge is 0.447 e. The number of carbonyl (C=O) groups excluding carboxylic acids is 1. The number of piperidine rings is 1. The summed E-state index contributed by atoms with van der Waals surface area (Å²) in [6, 6.07) is 2.68. The molecule has 1 saturated carbocycles. The van der Waals surface area contributed by atoms with Crippen LogP contribution in [0.5, 0.6) is 0 Å². The van der Waals surface area contributed by atoms with E-state index in [-0.39, 0.29) is 17.7 Å². The summed E-state index contributed by atoms with van der Waals surface area (Å²) in [4.78, 5) is 17.4. The summed E-state index contributed by atoms with van der Waals surface area (Å²) in [5.41, 5.74) is 1.45. The van der Waals surface area contributed by atoms with E-state index in [1.165, 1.54) is 10.4 Å². The first kappa shape index (κ1) is 21.1. The summed E-state index contributed by atoms with van der Waals surface area (Å²) in [5.74, 6) is 0.670. The molecule has 4 rings (SSSR count). The first-order valence-corrected chi connectivity index (χ1v) is 11.8. The maximum absolute atomic E-state index is 11.7. The Hall–Kier alpha value is -1.15. The number of methoxy groups -OCH3 is 1. The van der Waals surface area contributed by atoms with Gasteiger partial charge in [-0.3, -0.25) is 0 Å². The summed E-state index contributed by atoms with van der Waals surface area (Å²) >= 11 is 1.99. The molecule has 6 nitrogen and oxygen atoms in total. The number of fused-ring (bicyclic) bond motifs is 2. The van der Waals surface area contributed by atoms with Gasteiger partial charge in [-0.15, -0.1) is 11.3 Å². The lowest BCUT2D eigenvalue weighted by atomic mass is 9.78. The maximum Gasteiger partial charge on any atom is 0.407 e. The van der Waals surface area contributed by atoms with Crippen LogP contribution in [-0.4, -0.2) is 63.6 Å². The fourth-order valence-corrected chi connectivity index (χ4v) is 6.13. The standard InChI is InChI=1S/C22H34N2O4S/c1-3-18-14-19-20(29-18)4-9-28-22(19)5-7-24(8-6-22)15-16-12-17(13-16)23-21(25)27-11-10-26-2/h14,16-17H,3-13,15H2,1-2H3,(H,23,25). The molecule has 0 atom stereocenters. The molecule has 3 heterocycles. The number of nitrogens with one attached hydrogen (secondary N) is 1. The maximum atomic E-state index is 11.7. The third-order valence-corrected chi connectivity index (χ3v) is 8.00. The third-order valence-electron chi connectivity index (χ3n) is 6.67. The molecule has 1 spiro atoms. The van der Waals surface area contributed by atoms with E-state index in [2.05, 4.69) is 23.2 Å². The van der Waals surface area contributed by atoms with Crippen LogP contribution in [0, 0.1) is 5.92 Å². The molecule has 29 heavy (non-hydrogen) atoms. The van der Waals surface area contributed by atoms with Crippen LogP contribution in [0.15, 0.2) is 6.07 Å². The quantitative estimate of drug-likeness (QED) is 0.683. The van der Waals surface area contributed by atoms with Crippen molar-refractivity contribution in [3.8, 4) is 0 Å². The zero-order valence-electron chi connectivity index (χ0n) is 17.7. The van der Waals surface area contributed by atoms with Crippen LogP contribution < -0.4 is 5.32 Å². The van der Waals surface area contributed by atoms with Crippen molar-refractivity contribution >= 4 is 17.4 Å². The molecule has 0 radical (unpaired) electrons. The molecule has 1 aromatic heterocycles. The SMILES string of the molecule is CCc1cc2c(s1)CCOC21CCN(CC2CC(NC(=O)OCCOC)C2)CC1. The van der Waals surface area contributed by atoms with E-state index in [1.807, 2.05) is 11.3 Å². The zero-order valence-corrected chi connectivity index (χ0v) is 18.5. The smallest absolute Gasteiger partial charge is 0.407 e. The van der Waals surface area contributed by atoms with E-state index < -0.39 is 0 Å². The van der Waals surface area contributed by atoms with Gasteiger partial charge in [-0.05, 0) is 49.7 Å². The molecule has 0 unspecified atom stereocenters. The highest BCUT2D eigenvalue weighted by Crippen LogP contribution is 2.45. The van der Waals surface area contributed by atoms with Gasteiger partial charge in [0.15, 0.2) is 0 Å². The number of aryl methyl sites for hydroxylation is 1. The van der Waals surface area contributed by atoms with Crippen molar-refractivity contribution in [1.29, 1.82) is 0 Å². The molecule has 1 aliphatic carbocycles. The van der Waals surface area contributed by atoms with Crippen LogP contribution in [0.4, 0.5) is 4.79 Å². The number of hydrogen-bond donors (Lipinski definition) is 1. The van der Waals surface area contributed by atoms with Crippen molar-refractivity contribution in [1.82, 2.24) is 10.2 Å². The van der Waals surface area contributed by atoms with E-state index in [1.54, 1.807) is 12.0 Å². The summed E-state index contributed by atoms with van der Waals surface area (Å²) < 4.78 is 16.4. The fourth-order valence-electron chi connectivity index (χ4n) is 4.95. The van der Waals surface area contributed by atoms with Gasteiger partial charge >= 0.3 is 6.09 Å². The van der Waals surface area contributed by atoms with Crippen LogP contribution in [-0.2, 0) is 32.7 Å². The number of alkyl carbamates (subject to hydrolysis) is 1. The average molecular weight is 423 g/mol. The Kier molecular flexibility index (Phi) is 6.79. The van der Waals surface area contributed by atoms with E-state index in [4.69, 9.17) is 14.2 Å². The Morgan fingerprint density at radius 2 is 2.14 bits per heavy atom. The van der Waals surface area contributed by atoms with Gasteiger partial charge in [0, 0.05) is 49.0 Å². The highest BCUT2D eigenvalue weighted by atomic mass is 32.1. The number of rotatable bonds is 7. The molecule has 1 N–H and O–H groups in total. The molecule has 7 heteroatoms. The van der Waals surface area contributed by atoms with Crippen LogP contribution in [0.3, 0.4) is 0 Å². The van der Waals surface area contributed by atoms with E-state index in [0.717, 1.165) is 64.8 Å². The number of carbonyl (C=O) groups is 1. The predicted octanol–water partition coefficient (Wildman–Crippen LogP) is 3.33. The molecular weight excluding hydrogens is 388 g/mol. The molecule has 2 fully saturated rings. The molecule has 2 aliphatic heterocycles. The Morgan fingerprint density at radius 3 is 2.86 bits per heavy atom. The zero-order chi connectivity index (χ0) is 20.3. The fraction of sp³-hybridized carbons (Fsp3) is 0.773. The van der Waals surface area contributed by atoms with Gasteiger partial charge in [0.05, 0.1) is 18.8 Å². The predicted molar refractivity (Wildman–Crippen MR) is 114 cm³/mol. The summed E-state index contributed by atoms with van der Waals surface area (Å²) in [6.45, 7) is 7.19. The lowest BCUT2D eigenvalue weighted by molar-refractivity contribution is -0.0996. The number of hydrogen-bond acceptors (Lipinski definition) is 6. The number of amides is 1. The van der Waals surface area contributed by atoms with Gasteiger partial charge < -0.3 is 24.4 Å². The second kappa shape index (κ2) is 9.33.